The lowest BCUT2D eigenvalue weighted by Crippen LogP contribution is -1.72. The highest BCUT2D eigenvalue weighted by Crippen LogP contribution is 1.93. The molecule has 0 amide bonds. The third kappa shape index (κ3) is 5.48. The number of terminal acetylenes is 1. The van der Waals surface area contributed by atoms with Crippen LogP contribution in [-0.2, 0) is 9.78 Å². The predicted molar refractivity (Wildman–Crippen MR) is 30.7 cm³/mol. The summed E-state index contributed by atoms with van der Waals surface area (Å²) < 4.78 is 0. The highest BCUT2D eigenvalue weighted by atomic mass is 17.2. The van der Waals surface area contributed by atoms with Crippen molar-refractivity contribution in [1.29, 1.82) is 0 Å². The van der Waals surface area contributed by atoms with Crippen LogP contribution in [0.2, 0.25) is 0 Å². The van der Waals surface area contributed by atoms with E-state index in [-0.39, 0.29) is 0 Å². The average Bonchev–Trinajstić information content (AvgIpc) is 2.17. The first kappa shape index (κ1) is 7.48. The smallest absolute Gasteiger partial charge is 0.0845 e. The van der Waals surface area contributed by atoms with Crippen LogP contribution in [0.15, 0.2) is 0 Å². The maximum Gasteiger partial charge on any atom is 0.0845 e. The molecule has 0 aliphatic carbocycles. The SMILES string of the molecule is C#C[CH2].C1COOC1. The van der Waals surface area contributed by atoms with Crippen LogP contribution in [-0.4, -0.2) is 13.2 Å². The van der Waals surface area contributed by atoms with Crippen LogP contribution in [0.3, 0.4) is 0 Å². The molecule has 1 fully saturated rings. The number of rotatable bonds is 0. The molecule has 8 heavy (non-hydrogen) atoms. The van der Waals surface area contributed by atoms with Gasteiger partial charge >= 0.3 is 0 Å². The van der Waals surface area contributed by atoms with E-state index in [0.29, 0.717) is 0 Å². The standard InChI is InChI=1S/C3H6O2.C3H3/c1-2-4-5-3-1;1-3-2/h1-3H2;1H,2H2. The van der Waals surface area contributed by atoms with Crippen molar-refractivity contribution in [3.05, 3.63) is 6.92 Å². The summed E-state index contributed by atoms with van der Waals surface area (Å²) in [5, 5.41) is 0. The molecule has 0 N–H and O–H groups in total. The molecule has 0 aromatic heterocycles. The maximum atomic E-state index is 4.49. The summed E-state index contributed by atoms with van der Waals surface area (Å²) in [5.74, 6) is 2.00. The summed E-state index contributed by atoms with van der Waals surface area (Å²) in [7, 11) is 0. The van der Waals surface area contributed by atoms with Crippen molar-refractivity contribution in [1.82, 2.24) is 0 Å². The molecule has 0 bridgehead atoms. The Labute approximate surface area is 49.7 Å². The van der Waals surface area contributed by atoms with Crippen LogP contribution in [0.4, 0.5) is 0 Å². The van der Waals surface area contributed by atoms with Crippen molar-refractivity contribution < 1.29 is 9.78 Å². The second kappa shape index (κ2) is 6.48. The molecular formula is C6H9O2. The van der Waals surface area contributed by atoms with Crippen molar-refractivity contribution in [3.8, 4) is 12.3 Å². The van der Waals surface area contributed by atoms with Gasteiger partial charge in [0, 0.05) is 13.3 Å². The van der Waals surface area contributed by atoms with Gasteiger partial charge in [-0.15, -0.1) is 12.3 Å². The molecule has 1 heterocycles. The minimum absolute atomic E-state index is 0.778. The van der Waals surface area contributed by atoms with Crippen LogP contribution < -0.4 is 0 Å². The lowest BCUT2D eigenvalue weighted by molar-refractivity contribution is -0.248. The summed E-state index contributed by atoms with van der Waals surface area (Å²) in [6, 6.07) is 0. The van der Waals surface area contributed by atoms with Crippen LogP contribution in [0.1, 0.15) is 6.42 Å². The minimum atomic E-state index is 0.778. The molecular weight excluding hydrogens is 104 g/mol. The van der Waals surface area contributed by atoms with E-state index in [1.54, 1.807) is 0 Å². The summed E-state index contributed by atoms with van der Waals surface area (Å²) in [4.78, 5) is 8.89. The van der Waals surface area contributed by atoms with Crippen molar-refractivity contribution >= 4 is 0 Å². The first-order valence-corrected chi connectivity index (χ1v) is 2.39. The van der Waals surface area contributed by atoms with E-state index in [1.807, 2.05) is 5.92 Å². The molecule has 1 radical (unpaired) electrons. The first-order chi connectivity index (χ1) is 3.91. The lowest BCUT2D eigenvalue weighted by atomic mass is 10.5. The average molecular weight is 113 g/mol. The molecule has 1 rings (SSSR count). The van der Waals surface area contributed by atoms with Gasteiger partial charge in [0.2, 0.25) is 0 Å². The largest absolute Gasteiger partial charge is 0.237 e. The second-order valence-corrected chi connectivity index (χ2v) is 1.20. The molecule has 1 saturated heterocycles. The van der Waals surface area contributed by atoms with Crippen molar-refractivity contribution in [2.75, 3.05) is 13.2 Å². The highest BCUT2D eigenvalue weighted by molar-refractivity contribution is 4.85. The fraction of sp³-hybridized carbons (Fsp3) is 0.500. The molecule has 2 heteroatoms. The van der Waals surface area contributed by atoms with Crippen molar-refractivity contribution in [2.24, 2.45) is 0 Å². The zero-order valence-electron chi connectivity index (χ0n) is 4.72. The van der Waals surface area contributed by atoms with Gasteiger partial charge in [-0.25, -0.2) is 9.78 Å². The van der Waals surface area contributed by atoms with E-state index < -0.39 is 0 Å². The summed E-state index contributed by atoms with van der Waals surface area (Å²) in [6.45, 7) is 4.57. The Balaban J connectivity index is 0.000000145. The Morgan fingerprint density at radius 1 is 1.38 bits per heavy atom. The fourth-order valence-corrected chi connectivity index (χ4v) is 0.295. The van der Waals surface area contributed by atoms with Crippen LogP contribution in [0.5, 0.6) is 0 Å². The minimum Gasteiger partial charge on any atom is -0.237 e. The molecule has 1 aliphatic rings. The molecule has 0 aromatic carbocycles. The Morgan fingerprint density at radius 2 is 1.75 bits per heavy atom. The first-order valence-electron chi connectivity index (χ1n) is 2.39. The van der Waals surface area contributed by atoms with Gasteiger partial charge in [-0.05, 0) is 0 Å². The third-order valence-corrected chi connectivity index (χ3v) is 0.539. The van der Waals surface area contributed by atoms with Crippen molar-refractivity contribution in [3.63, 3.8) is 0 Å². The van der Waals surface area contributed by atoms with Gasteiger partial charge in [0.15, 0.2) is 0 Å². The van der Waals surface area contributed by atoms with E-state index in [2.05, 4.69) is 23.1 Å². The number of hydrogen-bond donors (Lipinski definition) is 0. The Morgan fingerprint density at radius 3 is 1.88 bits per heavy atom. The molecule has 0 aromatic rings. The van der Waals surface area contributed by atoms with Gasteiger partial charge in [-0.2, -0.15) is 0 Å². The molecule has 0 unspecified atom stereocenters. The quantitative estimate of drug-likeness (QED) is 0.341. The van der Waals surface area contributed by atoms with Crippen LogP contribution in [0.25, 0.3) is 0 Å². The summed E-state index contributed by atoms with van der Waals surface area (Å²) >= 11 is 0. The van der Waals surface area contributed by atoms with E-state index >= 15 is 0 Å². The van der Waals surface area contributed by atoms with E-state index in [0.717, 1.165) is 19.6 Å². The molecule has 1 aliphatic heterocycles. The van der Waals surface area contributed by atoms with Crippen molar-refractivity contribution in [2.45, 2.75) is 6.42 Å². The number of hydrogen-bond acceptors (Lipinski definition) is 2. The normalized spacial score (nSPS) is 16.0. The molecule has 45 valence electrons. The van der Waals surface area contributed by atoms with Gasteiger partial charge in [0.1, 0.15) is 0 Å². The van der Waals surface area contributed by atoms with Gasteiger partial charge in [0.25, 0.3) is 0 Å². The van der Waals surface area contributed by atoms with Crippen LogP contribution >= 0.6 is 0 Å². The Hall–Kier alpha value is -0.520. The van der Waals surface area contributed by atoms with E-state index in [4.69, 9.17) is 0 Å². The zero-order valence-corrected chi connectivity index (χ0v) is 4.72. The highest BCUT2D eigenvalue weighted by Gasteiger charge is 1.95. The monoisotopic (exact) mass is 113 g/mol. The van der Waals surface area contributed by atoms with E-state index in [9.17, 15) is 0 Å². The summed E-state index contributed by atoms with van der Waals surface area (Å²) in [5.41, 5.74) is 0. The Kier molecular flexibility index (Phi) is 6.06. The van der Waals surface area contributed by atoms with Gasteiger partial charge in [0.05, 0.1) is 13.2 Å². The van der Waals surface area contributed by atoms with Gasteiger partial charge < -0.3 is 0 Å². The zero-order chi connectivity index (χ0) is 6.24. The summed E-state index contributed by atoms with van der Waals surface area (Å²) in [6.07, 6.45) is 5.54. The molecule has 0 atom stereocenters. The maximum absolute atomic E-state index is 4.49. The molecule has 0 spiro atoms. The fourth-order valence-electron chi connectivity index (χ4n) is 0.295. The third-order valence-electron chi connectivity index (χ3n) is 0.539. The topological polar surface area (TPSA) is 18.5 Å². The second-order valence-electron chi connectivity index (χ2n) is 1.20. The van der Waals surface area contributed by atoms with Gasteiger partial charge in [-0.3, -0.25) is 0 Å². The van der Waals surface area contributed by atoms with Gasteiger partial charge in [-0.1, -0.05) is 0 Å². The Bertz CT molecular complexity index is 61.5. The van der Waals surface area contributed by atoms with Crippen LogP contribution in [0, 0.1) is 19.3 Å². The predicted octanol–water partition coefficient (Wildman–Crippen LogP) is 0.792. The lowest BCUT2D eigenvalue weighted by Gasteiger charge is -1.77. The van der Waals surface area contributed by atoms with E-state index in [1.165, 1.54) is 0 Å². The molecule has 2 nitrogen and oxygen atoms in total. The molecule has 0 saturated carbocycles.